The lowest BCUT2D eigenvalue weighted by Gasteiger charge is -2.37. The number of nitrogens with one attached hydrogen (secondary N) is 1. The van der Waals surface area contributed by atoms with E-state index in [2.05, 4.69) is 23.4 Å². The summed E-state index contributed by atoms with van der Waals surface area (Å²) in [6.07, 6.45) is 2.82. The molecule has 1 saturated heterocycles. The van der Waals surface area contributed by atoms with E-state index in [0.29, 0.717) is 12.1 Å². The quantitative estimate of drug-likeness (QED) is 0.514. The van der Waals surface area contributed by atoms with Crippen molar-refractivity contribution in [2.24, 2.45) is 0 Å². The average molecular weight is 453 g/mol. The molecule has 0 aliphatic carbocycles. The van der Waals surface area contributed by atoms with E-state index in [1.165, 1.54) is 6.08 Å². The second kappa shape index (κ2) is 12.3. The summed E-state index contributed by atoms with van der Waals surface area (Å²) in [6.45, 7) is 9.00. The standard InChI is InChI=1S/C26H32N2O5/c1-4-14-28(3)17-23-16-24(20-8-6-19(18-29)7-9-20)33-25(32-23)21-10-12-22(13-11-21)27-26(30)31-15-5-2/h4-13,23-25,29H,1-2,14-18H2,3H3,(H,27,30)/t23-,24+,25+/m1/s1. The van der Waals surface area contributed by atoms with Gasteiger partial charge in [-0.25, -0.2) is 4.79 Å². The van der Waals surface area contributed by atoms with Crippen LogP contribution in [0.5, 0.6) is 0 Å². The third-order valence-electron chi connectivity index (χ3n) is 5.33. The Morgan fingerprint density at radius 2 is 1.82 bits per heavy atom. The summed E-state index contributed by atoms with van der Waals surface area (Å²) in [5.74, 6) is 0. The highest BCUT2D eigenvalue weighted by Crippen LogP contribution is 2.38. The topological polar surface area (TPSA) is 80.3 Å². The molecule has 7 heteroatoms. The number of hydrogen-bond acceptors (Lipinski definition) is 6. The van der Waals surface area contributed by atoms with Gasteiger partial charge in [-0.1, -0.05) is 55.1 Å². The van der Waals surface area contributed by atoms with Gasteiger partial charge in [0.25, 0.3) is 0 Å². The van der Waals surface area contributed by atoms with Gasteiger partial charge in [0.2, 0.25) is 0 Å². The largest absolute Gasteiger partial charge is 0.445 e. The maximum absolute atomic E-state index is 11.7. The lowest BCUT2D eigenvalue weighted by molar-refractivity contribution is -0.252. The third-order valence-corrected chi connectivity index (χ3v) is 5.33. The van der Waals surface area contributed by atoms with Crippen molar-refractivity contribution in [2.75, 3.05) is 32.1 Å². The Balaban J connectivity index is 1.74. The lowest BCUT2D eigenvalue weighted by atomic mass is 9.99. The van der Waals surface area contributed by atoms with Gasteiger partial charge in [-0.2, -0.15) is 0 Å². The first kappa shape index (κ1) is 24.7. The van der Waals surface area contributed by atoms with Crippen LogP contribution in [-0.4, -0.2) is 48.9 Å². The molecule has 7 nitrogen and oxygen atoms in total. The highest BCUT2D eigenvalue weighted by molar-refractivity contribution is 5.84. The molecular formula is C26H32N2O5. The van der Waals surface area contributed by atoms with Crippen LogP contribution >= 0.6 is 0 Å². The zero-order valence-electron chi connectivity index (χ0n) is 19.0. The van der Waals surface area contributed by atoms with Gasteiger partial charge in [0.05, 0.1) is 18.8 Å². The van der Waals surface area contributed by atoms with E-state index in [1.54, 1.807) is 12.1 Å². The van der Waals surface area contributed by atoms with Gasteiger partial charge in [-0.15, -0.1) is 6.58 Å². The molecule has 1 heterocycles. The number of ether oxygens (including phenoxy) is 3. The Hall–Kier alpha value is -2.97. The van der Waals surface area contributed by atoms with Gasteiger partial charge >= 0.3 is 6.09 Å². The molecule has 1 aliphatic heterocycles. The fourth-order valence-electron chi connectivity index (χ4n) is 3.69. The predicted molar refractivity (Wildman–Crippen MR) is 128 cm³/mol. The van der Waals surface area contributed by atoms with Crippen molar-refractivity contribution in [1.82, 2.24) is 4.90 Å². The number of nitrogens with zero attached hydrogens (tertiary/aromatic N) is 1. The molecule has 0 unspecified atom stereocenters. The van der Waals surface area contributed by atoms with Gasteiger partial charge in [0, 0.05) is 30.8 Å². The van der Waals surface area contributed by atoms with Crippen molar-refractivity contribution in [3.8, 4) is 0 Å². The lowest BCUT2D eigenvalue weighted by Crippen LogP contribution is -2.37. The summed E-state index contributed by atoms with van der Waals surface area (Å²) in [5, 5.41) is 12.0. The number of hydrogen-bond donors (Lipinski definition) is 2. The number of anilines is 1. The minimum atomic E-state index is -0.551. The molecule has 2 aromatic rings. The summed E-state index contributed by atoms with van der Waals surface area (Å²) in [7, 11) is 2.03. The molecule has 0 radical (unpaired) electrons. The van der Waals surface area contributed by atoms with E-state index in [4.69, 9.17) is 14.2 Å². The summed E-state index contributed by atoms with van der Waals surface area (Å²) in [5.41, 5.74) is 3.37. The first-order valence-electron chi connectivity index (χ1n) is 11.0. The van der Waals surface area contributed by atoms with Gasteiger partial charge in [-0.05, 0) is 30.3 Å². The van der Waals surface area contributed by atoms with Crippen molar-refractivity contribution < 1.29 is 24.1 Å². The smallest absolute Gasteiger partial charge is 0.411 e. The van der Waals surface area contributed by atoms with Crippen molar-refractivity contribution in [3.05, 3.63) is 90.5 Å². The molecule has 3 atom stereocenters. The zero-order valence-corrected chi connectivity index (χ0v) is 19.0. The van der Waals surface area contributed by atoms with Gasteiger partial charge in [0.15, 0.2) is 6.29 Å². The molecule has 0 saturated carbocycles. The van der Waals surface area contributed by atoms with Crippen molar-refractivity contribution in [3.63, 3.8) is 0 Å². The zero-order chi connectivity index (χ0) is 23.6. The van der Waals surface area contributed by atoms with E-state index in [0.717, 1.165) is 29.8 Å². The number of aliphatic hydroxyl groups excluding tert-OH is 1. The van der Waals surface area contributed by atoms with E-state index in [9.17, 15) is 9.90 Å². The number of carbonyl (C=O) groups excluding carboxylic acids is 1. The van der Waals surface area contributed by atoms with Crippen LogP contribution in [0.3, 0.4) is 0 Å². The van der Waals surface area contributed by atoms with Crippen molar-refractivity contribution >= 4 is 11.8 Å². The van der Waals surface area contributed by atoms with Crippen LogP contribution in [0.4, 0.5) is 10.5 Å². The molecule has 0 aromatic heterocycles. The van der Waals surface area contributed by atoms with E-state index >= 15 is 0 Å². The molecule has 3 rings (SSSR count). The fraction of sp³-hybridized carbons (Fsp3) is 0.346. The molecule has 1 fully saturated rings. The van der Waals surface area contributed by atoms with Crippen LogP contribution in [0.15, 0.2) is 73.8 Å². The first-order valence-corrected chi connectivity index (χ1v) is 11.0. The van der Waals surface area contributed by atoms with Crippen LogP contribution in [0.25, 0.3) is 0 Å². The number of likely N-dealkylation sites (N-methyl/N-ethyl adjacent to an activating group) is 1. The maximum atomic E-state index is 11.7. The number of aliphatic hydroxyl groups is 1. The molecule has 0 bridgehead atoms. The molecule has 0 spiro atoms. The summed E-state index contributed by atoms with van der Waals surface area (Å²) >= 11 is 0. The van der Waals surface area contributed by atoms with E-state index < -0.39 is 12.4 Å². The highest BCUT2D eigenvalue weighted by Gasteiger charge is 2.32. The number of benzene rings is 2. The Morgan fingerprint density at radius 1 is 1.12 bits per heavy atom. The van der Waals surface area contributed by atoms with Gasteiger partial charge in [-0.3, -0.25) is 5.32 Å². The molecular weight excluding hydrogens is 420 g/mol. The molecule has 1 amide bonds. The second-order valence-corrected chi connectivity index (χ2v) is 7.99. The van der Waals surface area contributed by atoms with Crippen LogP contribution in [0.2, 0.25) is 0 Å². The summed E-state index contributed by atoms with van der Waals surface area (Å²) in [4.78, 5) is 13.9. The molecule has 33 heavy (non-hydrogen) atoms. The van der Waals surface area contributed by atoms with E-state index in [-0.39, 0.29) is 25.4 Å². The molecule has 1 aliphatic rings. The molecule has 2 aromatic carbocycles. The average Bonchev–Trinajstić information content (AvgIpc) is 2.83. The third kappa shape index (κ3) is 7.27. The van der Waals surface area contributed by atoms with Crippen LogP contribution < -0.4 is 5.32 Å². The Bertz CT molecular complexity index is 913. The highest BCUT2D eigenvalue weighted by atomic mass is 16.7. The van der Waals surface area contributed by atoms with Crippen LogP contribution in [-0.2, 0) is 20.8 Å². The monoisotopic (exact) mass is 452 g/mol. The van der Waals surface area contributed by atoms with Crippen molar-refractivity contribution in [1.29, 1.82) is 0 Å². The van der Waals surface area contributed by atoms with Gasteiger partial charge in [0.1, 0.15) is 6.61 Å². The number of amides is 1. The number of carbonyl (C=O) groups is 1. The Labute approximate surface area is 195 Å². The number of rotatable bonds is 10. The molecule has 176 valence electrons. The second-order valence-electron chi connectivity index (χ2n) is 7.99. The normalized spacial score (nSPS) is 20.3. The minimum absolute atomic E-state index is 0.00797. The van der Waals surface area contributed by atoms with Gasteiger partial charge < -0.3 is 24.2 Å². The Morgan fingerprint density at radius 3 is 2.45 bits per heavy atom. The SMILES string of the molecule is C=CCOC(=O)Nc1ccc([C@H]2O[C@@H](CN(C)CC=C)C[C@@H](c3ccc(CO)cc3)O2)cc1. The van der Waals surface area contributed by atoms with Crippen LogP contribution in [0, 0.1) is 0 Å². The summed E-state index contributed by atoms with van der Waals surface area (Å²) in [6, 6.07) is 15.1. The predicted octanol–water partition coefficient (Wildman–Crippen LogP) is 4.58. The van der Waals surface area contributed by atoms with E-state index in [1.807, 2.05) is 49.5 Å². The Kier molecular flexibility index (Phi) is 9.21. The molecule has 2 N–H and O–H groups in total. The minimum Gasteiger partial charge on any atom is -0.445 e. The maximum Gasteiger partial charge on any atom is 0.411 e. The first-order chi connectivity index (χ1) is 16.0. The fourth-order valence-corrected chi connectivity index (χ4v) is 3.69. The summed E-state index contributed by atoms with van der Waals surface area (Å²) < 4.78 is 17.6. The van der Waals surface area contributed by atoms with Crippen LogP contribution in [0.1, 0.15) is 35.5 Å². The van der Waals surface area contributed by atoms with Crippen molar-refractivity contribution in [2.45, 2.75) is 31.5 Å².